The number of hydrogen-bond acceptors (Lipinski definition) is 5. The Hall–Kier alpha value is -2.05. The standard InChI is InChI=1S/C9H12N2O5/c1-10-6(12)4-7(11(2)9(10)14)16-5-8(13)15-3/h4H,5H2,1-3H3. The molecular weight excluding hydrogens is 216 g/mol. The molecule has 1 aromatic heterocycles. The van der Waals surface area contributed by atoms with E-state index in [1.165, 1.54) is 21.2 Å². The molecule has 0 unspecified atom stereocenters. The zero-order chi connectivity index (χ0) is 12.3. The largest absolute Gasteiger partial charge is 0.467 e. The first kappa shape index (κ1) is 12.0. The summed E-state index contributed by atoms with van der Waals surface area (Å²) < 4.78 is 11.4. The Bertz CT molecular complexity index is 514. The first-order valence-corrected chi connectivity index (χ1v) is 4.44. The highest BCUT2D eigenvalue weighted by atomic mass is 16.6. The highest BCUT2D eigenvalue weighted by Crippen LogP contribution is 2.01. The molecule has 0 aliphatic heterocycles. The first-order chi connectivity index (χ1) is 7.47. The van der Waals surface area contributed by atoms with Gasteiger partial charge in [-0.25, -0.2) is 9.59 Å². The molecule has 0 aromatic carbocycles. The fourth-order valence-corrected chi connectivity index (χ4v) is 1.04. The van der Waals surface area contributed by atoms with Gasteiger partial charge in [0.05, 0.1) is 13.2 Å². The topological polar surface area (TPSA) is 79.5 Å². The van der Waals surface area contributed by atoms with E-state index >= 15 is 0 Å². The third kappa shape index (κ3) is 2.30. The van der Waals surface area contributed by atoms with E-state index in [0.717, 1.165) is 15.2 Å². The Labute approximate surface area is 90.8 Å². The summed E-state index contributed by atoms with van der Waals surface area (Å²) in [5.41, 5.74) is -1.02. The van der Waals surface area contributed by atoms with Crippen LogP contribution >= 0.6 is 0 Å². The third-order valence-corrected chi connectivity index (χ3v) is 2.05. The molecule has 0 aliphatic rings. The molecule has 0 fully saturated rings. The summed E-state index contributed by atoms with van der Waals surface area (Å²) in [6.45, 7) is -0.350. The molecule has 0 aliphatic carbocycles. The molecule has 1 aromatic rings. The number of esters is 1. The molecule has 0 N–H and O–H groups in total. The Morgan fingerprint density at radius 3 is 2.50 bits per heavy atom. The maximum atomic E-state index is 11.5. The second-order valence-corrected chi connectivity index (χ2v) is 3.09. The van der Waals surface area contributed by atoms with Gasteiger partial charge in [0.2, 0.25) is 5.88 Å². The van der Waals surface area contributed by atoms with Gasteiger partial charge in [0.15, 0.2) is 6.61 Å². The molecule has 0 amide bonds. The van der Waals surface area contributed by atoms with Gasteiger partial charge in [-0.05, 0) is 0 Å². The predicted octanol–water partition coefficient (Wildman–Crippen LogP) is -1.36. The molecule has 0 radical (unpaired) electrons. The van der Waals surface area contributed by atoms with E-state index in [0.29, 0.717) is 0 Å². The van der Waals surface area contributed by atoms with Crippen LogP contribution in [0.25, 0.3) is 0 Å². The van der Waals surface area contributed by atoms with Crippen molar-refractivity contribution in [2.24, 2.45) is 14.1 Å². The summed E-state index contributed by atoms with van der Waals surface area (Å²) >= 11 is 0. The van der Waals surface area contributed by atoms with Gasteiger partial charge in [-0.1, -0.05) is 0 Å². The zero-order valence-corrected chi connectivity index (χ0v) is 9.22. The van der Waals surface area contributed by atoms with E-state index in [1.807, 2.05) is 0 Å². The van der Waals surface area contributed by atoms with Crippen molar-refractivity contribution >= 4 is 5.97 Å². The highest BCUT2D eigenvalue weighted by Gasteiger charge is 2.08. The Kier molecular flexibility index (Phi) is 3.49. The highest BCUT2D eigenvalue weighted by molar-refractivity contribution is 5.70. The van der Waals surface area contributed by atoms with Crippen LogP contribution < -0.4 is 16.0 Å². The second-order valence-electron chi connectivity index (χ2n) is 3.09. The quantitative estimate of drug-likeness (QED) is 0.597. The normalized spacial score (nSPS) is 9.94. The van der Waals surface area contributed by atoms with Crippen LogP contribution in [0, 0.1) is 0 Å². The Morgan fingerprint density at radius 2 is 1.94 bits per heavy atom. The van der Waals surface area contributed by atoms with Crippen molar-refractivity contribution < 1.29 is 14.3 Å². The van der Waals surface area contributed by atoms with Gasteiger partial charge in [0, 0.05) is 14.1 Å². The fraction of sp³-hybridized carbons (Fsp3) is 0.444. The minimum absolute atomic E-state index is 0.0264. The van der Waals surface area contributed by atoms with Crippen LogP contribution in [0.4, 0.5) is 0 Å². The Morgan fingerprint density at radius 1 is 1.31 bits per heavy atom. The number of hydrogen-bond donors (Lipinski definition) is 0. The van der Waals surface area contributed by atoms with Crippen LogP contribution in [-0.2, 0) is 23.6 Å². The van der Waals surface area contributed by atoms with Crippen molar-refractivity contribution in [3.8, 4) is 5.88 Å². The molecule has 1 heterocycles. The van der Waals surface area contributed by atoms with Crippen molar-refractivity contribution in [1.29, 1.82) is 0 Å². The van der Waals surface area contributed by atoms with Crippen LogP contribution in [-0.4, -0.2) is 28.8 Å². The lowest BCUT2D eigenvalue weighted by Crippen LogP contribution is -2.37. The van der Waals surface area contributed by atoms with Crippen LogP contribution in [0.15, 0.2) is 15.7 Å². The second kappa shape index (κ2) is 4.65. The lowest BCUT2D eigenvalue weighted by molar-refractivity contribution is -0.143. The smallest absolute Gasteiger partial charge is 0.343 e. The monoisotopic (exact) mass is 228 g/mol. The first-order valence-electron chi connectivity index (χ1n) is 4.44. The van der Waals surface area contributed by atoms with Crippen LogP contribution in [0.2, 0.25) is 0 Å². The van der Waals surface area contributed by atoms with Gasteiger partial charge in [-0.15, -0.1) is 0 Å². The van der Waals surface area contributed by atoms with E-state index in [1.54, 1.807) is 0 Å². The Balaban J connectivity index is 3.03. The van der Waals surface area contributed by atoms with E-state index in [-0.39, 0.29) is 12.5 Å². The number of carbonyl (C=O) groups is 1. The molecule has 0 bridgehead atoms. The molecule has 7 nitrogen and oxygen atoms in total. The molecule has 16 heavy (non-hydrogen) atoms. The van der Waals surface area contributed by atoms with E-state index in [4.69, 9.17) is 4.74 Å². The van der Waals surface area contributed by atoms with Crippen molar-refractivity contribution in [3.05, 3.63) is 26.9 Å². The lowest BCUT2D eigenvalue weighted by atomic mass is 10.5. The van der Waals surface area contributed by atoms with Crippen LogP contribution in [0.3, 0.4) is 0 Å². The number of carbonyl (C=O) groups excluding carboxylic acids is 1. The predicted molar refractivity (Wildman–Crippen MR) is 54.4 cm³/mol. The molecule has 7 heteroatoms. The number of methoxy groups -OCH3 is 1. The maximum Gasteiger partial charge on any atom is 0.343 e. The molecule has 88 valence electrons. The number of nitrogens with zero attached hydrogens (tertiary/aromatic N) is 2. The summed E-state index contributed by atoms with van der Waals surface area (Å²) in [7, 11) is 4.01. The minimum Gasteiger partial charge on any atom is -0.467 e. The number of ether oxygens (including phenoxy) is 2. The van der Waals surface area contributed by atoms with Crippen molar-refractivity contribution in [2.75, 3.05) is 13.7 Å². The van der Waals surface area contributed by atoms with E-state index in [9.17, 15) is 14.4 Å². The molecule has 0 spiro atoms. The molecule has 0 saturated heterocycles. The summed E-state index contributed by atoms with van der Waals surface area (Å²) in [4.78, 5) is 33.5. The third-order valence-electron chi connectivity index (χ3n) is 2.05. The molecule has 0 atom stereocenters. The van der Waals surface area contributed by atoms with Gasteiger partial charge in [-0.3, -0.25) is 13.9 Å². The van der Waals surface area contributed by atoms with Crippen molar-refractivity contribution in [2.45, 2.75) is 0 Å². The van der Waals surface area contributed by atoms with Gasteiger partial charge >= 0.3 is 11.7 Å². The van der Waals surface area contributed by atoms with Gasteiger partial charge < -0.3 is 9.47 Å². The van der Waals surface area contributed by atoms with Gasteiger partial charge in [-0.2, -0.15) is 0 Å². The number of rotatable bonds is 3. The van der Waals surface area contributed by atoms with Crippen LogP contribution in [0.5, 0.6) is 5.88 Å². The molecule has 1 rings (SSSR count). The van der Waals surface area contributed by atoms with Crippen LogP contribution in [0.1, 0.15) is 0 Å². The minimum atomic E-state index is -0.590. The summed E-state index contributed by atoms with van der Waals surface area (Å²) in [5.74, 6) is -0.563. The summed E-state index contributed by atoms with van der Waals surface area (Å²) in [6, 6.07) is 1.13. The maximum absolute atomic E-state index is 11.5. The van der Waals surface area contributed by atoms with E-state index < -0.39 is 17.2 Å². The van der Waals surface area contributed by atoms with Gasteiger partial charge in [0.1, 0.15) is 0 Å². The van der Waals surface area contributed by atoms with Gasteiger partial charge in [0.25, 0.3) is 5.56 Å². The lowest BCUT2D eigenvalue weighted by Gasteiger charge is -2.09. The SMILES string of the molecule is COC(=O)COc1cc(=O)n(C)c(=O)n1C. The summed E-state index contributed by atoms with van der Waals surface area (Å²) in [6.07, 6.45) is 0. The fourth-order valence-electron chi connectivity index (χ4n) is 1.04. The zero-order valence-electron chi connectivity index (χ0n) is 9.22. The van der Waals surface area contributed by atoms with Crippen molar-refractivity contribution in [1.82, 2.24) is 9.13 Å². The van der Waals surface area contributed by atoms with Crippen molar-refractivity contribution in [3.63, 3.8) is 0 Å². The average molecular weight is 228 g/mol. The average Bonchev–Trinajstić information content (AvgIpc) is 2.28. The molecule has 0 saturated carbocycles. The van der Waals surface area contributed by atoms with E-state index in [2.05, 4.69) is 4.74 Å². The number of aromatic nitrogens is 2. The molecular formula is C9H12N2O5. The summed E-state index contributed by atoms with van der Waals surface area (Å²) in [5, 5.41) is 0.